The zero-order valence-corrected chi connectivity index (χ0v) is 14.9. The quantitative estimate of drug-likeness (QED) is 0.906. The van der Waals surface area contributed by atoms with Gasteiger partial charge < -0.3 is 15.0 Å². The molecule has 0 saturated carbocycles. The van der Waals surface area contributed by atoms with Gasteiger partial charge in [-0.25, -0.2) is 0 Å². The van der Waals surface area contributed by atoms with E-state index in [1.807, 2.05) is 40.6 Å². The number of hydrogen-bond donors (Lipinski definition) is 1. The van der Waals surface area contributed by atoms with Crippen LogP contribution in [0.5, 0.6) is 5.75 Å². The van der Waals surface area contributed by atoms with Gasteiger partial charge in [-0.2, -0.15) is 0 Å². The van der Waals surface area contributed by atoms with E-state index in [1.165, 1.54) is 4.88 Å². The molecule has 2 atom stereocenters. The first kappa shape index (κ1) is 17.3. The summed E-state index contributed by atoms with van der Waals surface area (Å²) in [5.74, 6) is 2.13. The lowest BCUT2D eigenvalue weighted by Gasteiger charge is -2.18. The Bertz CT molecular complexity index is 680. The van der Waals surface area contributed by atoms with Crippen molar-refractivity contribution in [2.24, 2.45) is 11.8 Å². The SMILES string of the molecule is Cl.O=C(c1cccc(OCc2cccs2)c1)N1C[C@H]2CNC[C@H]2C1. The number of fused-ring (bicyclic) bond motifs is 1. The molecule has 3 heterocycles. The third-order valence-electron chi connectivity index (χ3n) is 4.72. The van der Waals surface area contributed by atoms with Crippen LogP contribution in [-0.4, -0.2) is 37.0 Å². The number of carbonyl (C=O) groups is 1. The molecule has 1 amide bonds. The Kier molecular flexibility index (Phi) is 5.43. The Balaban J connectivity index is 0.00000169. The molecule has 4 nitrogen and oxygen atoms in total. The van der Waals surface area contributed by atoms with Crippen molar-refractivity contribution in [2.75, 3.05) is 26.2 Å². The molecule has 2 aliphatic heterocycles. The maximum Gasteiger partial charge on any atom is 0.254 e. The third-order valence-corrected chi connectivity index (χ3v) is 5.57. The van der Waals surface area contributed by atoms with Gasteiger partial charge in [0.1, 0.15) is 12.4 Å². The fourth-order valence-corrected chi connectivity index (χ4v) is 4.09. The van der Waals surface area contributed by atoms with Crippen LogP contribution in [0.1, 0.15) is 15.2 Å². The number of halogens is 1. The van der Waals surface area contributed by atoms with Gasteiger partial charge in [-0.15, -0.1) is 23.7 Å². The van der Waals surface area contributed by atoms with Crippen molar-refractivity contribution in [1.29, 1.82) is 0 Å². The number of hydrogen-bond acceptors (Lipinski definition) is 4. The van der Waals surface area contributed by atoms with E-state index in [9.17, 15) is 4.79 Å². The lowest BCUT2D eigenvalue weighted by Crippen LogP contribution is -2.31. The monoisotopic (exact) mass is 364 g/mol. The highest BCUT2D eigenvalue weighted by Crippen LogP contribution is 2.28. The van der Waals surface area contributed by atoms with Crippen molar-refractivity contribution in [1.82, 2.24) is 10.2 Å². The summed E-state index contributed by atoms with van der Waals surface area (Å²) >= 11 is 1.68. The van der Waals surface area contributed by atoms with Crippen LogP contribution in [0.3, 0.4) is 0 Å². The van der Waals surface area contributed by atoms with Crippen LogP contribution in [0.25, 0.3) is 0 Å². The first-order chi connectivity index (χ1) is 11.3. The van der Waals surface area contributed by atoms with Gasteiger partial charge in [0.05, 0.1) is 0 Å². The Labute approximate surface area is 152 Å². The Morgan fingerprint density at radius 1 is 1.21 bits per heavy atom. The van der Waals surface area contributed by atoms with Gasteiger partial charge in [0.25, 0.3) is 5.91 Å². The van der Waals surface area contributed by atoms with Gasteiger partial charge in [-0.1, -0.05) is 12.1 Å². The highest BCUT2D eigenvalue weighted by molar-refractivity contribution is 7.09. The Morgan fingerprint density at radius 2 is 2.00 bits per heavy atom. The number of nitrogens with zero attached hydrogens (tertiary/aromatic N) is 1. The number of likely N-dealkylation sites (tertiary alicyclic amines) is 1. The van der Waals surface area contributed by atoms with E-state index in [-0.39, 0.29) is 18.3 Å². The standard InChI is InChI=1S/C18H20N2O2S.ClH/c21-18(20-10-14-8-19-9-15(14)11-20)13-3-1-4-16(7-13)22-12-17-5-2-6-23-17;/h1-7,14-15,19H,8-12H2;1H/t14-,15+;. The van der Waals surface area contributed by atoms with Gasteiger partial charge in [-0.05, 0) is 41.5 Å². The fourth-order valence-electron chi connectivity index (χ4n) is 3.47. The summed E-state index contributed by atoms with van der Waals surface area (Å²) in [5.41, 5.74) is 0.724. The van der Waals surface area contributed by atoms with Crippen molar-refractivity contribution in [3.63, 3.8) is 0 Å². The average Bonchev–Trinajstić information content (AvgIpc) is 3.29. The zero-order chi connectivity index (χ0) is 15.6. The van der Waals surface area contributed by atoms with Gasteiger partial charge in [0.2, 0.25) is 0 Å². The minimum atomic E-state index is 0. The molecular weight excluding hydrogens is 344 g/mol. The van der Waals surface area contributed by atoms with Crippen LogP contribution < -0.4 is 10.1 Å². The second kappa shape index (κ2) is 7.55. The van der Waals surface area contributed by atoms with Crippen LogP contribution in [-0.2, 0) is 6.61 Å². The highest BCUT2D eigenvalue weighted by Gasteiger charge is 2.38. The molecule has 1 N–H and O–H groups in total. The Morgan fingerprint density at radius 3 is 2.71 bits per heavy atom. The molecule has 0 bridgehead atoms. The van der Waals surface area contributed by atoms with Crippen molar-refractivity contribution < 1.29 is 9.53 Å². The second-order valence-corrected chi connectivity index (χ2v) is 7.32. The molecule has 2 saturated heterocycles. The summed E-state index contributed by atoms with van der Waals surface area (Å²) in [6.45, 7) is 4.37. The summed E-state index contributed by atoms with van der Waals surface area (Å²) in [6.07, 6.45) is 0. The van der Waals surface area contributed by atoms with Crippen molar-refractivity contribution >= 4 is 29.7 Å². The molecule has 6 heteroatoms. The smallest absolute Gasteiger partial charge is 0.254 e. The zero-order valence-electron chi connectivity index (χ0n) is 13.3. The Hall–Kier alpha value is -1.56. The summed E-state index contributed by atoms with van der Waals surface area (Å²) in [4.78, 5) is 15.9. The lowest BCUT2D eigenvalue weighted by molar-refractivity contribution is 0.0781. The molecule has 24 heavy (non-hydrogen) atoms. The topological polar surface area (TPSA) is 41.6 Å². The fraction of sp³-hybridized carbons (Fsp3) is 0.389. The molecule has 2 aliphatic rings. The van der Waals surface area contributed by atoms with Crippen LogP contribution in [0.4, 0.5) is 0 Å². The van der Waals surface area contributed by atoms with E-state index in [0.717, 1.165) is 37.5 Å². The molecule has 2 aromatic rings. The van der Waals surface area contributed by atoms with E-state index in [4.69, 9.17) is 4.74 Å². The molecule has 128 valence electrons. The van der Waals surface area contributed by atoms with Crippen LogP contribution >= 0.6 is 23.7 Å². The number of amides is 1. The van der Waals surface area contributed by atoms with Crippen molar-refractivity contribution in [3.05, 3.63) is 52.2 Å². The summed E-state index contributed by atoms with van der Waals surface area (Å²) < 4.78 is 5.81. The van der Waals surface area contributed by atoms with Crippen LogP contribution in [0.2, 0.25) is 0 Å². The van der Waals surface area contributed by atoms with Crippen LogP contribution in [0, 0.1) is 11.8 Å². The molecule has 4 rings (SSSR count). The predicted molar refractivity (Wildman–Crippen MR) is 98.1 cm³/mol. The minimum absolute atomic E-state index is 0. The second-order valence-electron chi connectivity index (χ2n) is 6.28. The third kappa shape index (κ3) is 3.58. The van der Waals surface area contributed by atoms with Gasteiger partial charge in [0, 0.05) is 36.6 Å². The maximum absolute atomic E-state index is 12.7. The predicted octanol–water partition coefficient (Wildman–Crippen LogP) is 3.04. The average molecular weight is 365 g/mol. The first-order valence-corrected chi connectivity index (χ1v) is 8.93. The molecular formula is C18H21ClN2O2S. The molecule has 1 aromatic carbocycles. The summed E-state index contributed by atoms with van der Waals surface area (Å²) in [6, 6.07) is 11.6. The highest BCUT2D eigenvalue weighted by atomic mass is 35.5. The number of ether oxygens (including phenoxy) is 1. The van der Waals surface area contributed by atoms with Crippen LogP contribution in [0.15, 0.2) is 41.8 Å². The van der Waals surface area contributed by atoms with E-state index < -0.39 is 0 Å². The molecule has 0 aliphatic carbocycles. The van der Waals surface area contributed by atoms with Gasteiger partial charge >= 0.3 is 0 Å². The largest absolute Gasteiger partial charge is 0.488 e. The number of thiophene rings is 1. The lowest BCUT2D eigenvalue weighted by atomic mass is 10.0. The molecule has 0 spiro atoms. The maximum atomic E-state index is 12.7. The number of carbonyl (C=O) groups excluding carboxylic acids is 1. The van der Waals surface area contributed by atoms with Crippen molar-refractivity contribution in [2.45, 2.75) is 6.61 Å². The van der Waals surface area contributed by atoms with E-state index in [1.54, 1.807) is 11.3 Å². The number of nitrogens with one attached hydrogen (secondary N) is 1. The number of rotatable bonds is 4. The van der Waals surface area contributed by atoms with E-state index in [2.05, 4.69) is 11.4 Å². The van der Waals surface area contributed by atoms with Gasteiger partial charge in [-0.3, -0.25) is 4.79 Å². The molecule has 1 aromatic heterocycles. The molecule has 0 radical (unpaired) electrons. The number of benzene rings is 1. The normalized spacial score (nSPS) is 22.1. The van der Waals surface area contributed by atoms with Gasteiger partial charge in [0.15, 0.2) is 0 Å². The minimum Gasteiger partial charge on any atom is -0.488 e. The van der Waals surface area contributed by atoms with E-state index >= 15 is 0 Å². The van der Waals surface area contributed by atoms with E-state index in [0.29, 0.717) is 18.4 Å². The summed E-state index contributed by atoms with van der Waals surface area (Å²) in [7, 11) is 0. The molecule has 2 fully saturated rings. The first-order valence-electron chi connectivity index (χ1n) is 8.05. The summed E-state index contributed by atoms with van der Waals surface area (Å²) in [5, 5.41) is 5.45. The molecule has 0 unspecified atom stereocenters. The van der Waals surface area contributed by atoms with Crippen molar-refractivity contribution in [3.8, 4) is 5.75 Å².